The fourth-order valence-electron chi connectivity index (χ4n) is 6.25. The minimum Gasteiger partial charge on any atom is -0.390 e. The van der Waals surface area contributed by atoms with Crippen molar-refractivity contribution in [1.82, 2.24) is 29.5 Å². The number of carbonyl (C=O) groups excluding carboxylic acids is 1. The first-order chi connectivity index (χ1) is 20.6. The summed E-state index contributed by atoms with van der Waals surface area (Å²) in [5.74, 6) is 1.07. The Labute approximate surface area is 247 Å². The second-order valence-corrected chi connectivity index (χ2v) is 11.2. The molecule has 3 aromatic heterocycles. The van der Waals surface area contributed by atoms with Gasteiger partial charge in [-0.15, -0.1) is 0 Å². The van der Waals surface area contributed by atoms with E-state index in [1.807, 2.05) is 18.3 Å². The number of aryl methyl sites for hydroxylation is 1. The summed E-state index contributed by atoms with van der Waals surface area (Å²) >= 11 is 0. The van der Waals surface area contributed by atoms with E-state index in [-0.39, 0.29) is 18.6 Å². The number of hydrogen-bond donors (Lipinski definition) is 2. The average Bonchev–Trinajstić information content (AvgIpc) is 3.38. The molecule has 0 unspecified atom stereocenters. The van der Waals surface area contributed by atoms with E-state index in [4.69, 9.17) is 15.5 Å². The summed E-state index contributed by atoms with van der Waals surface area (Å²) in [6.45, 7) is 6.14. The Balaban J connectivity index is 1.18. The smallest absolute Gasteiger partial charge is 0.219 e. The lowest BCUT2D eigenvalue weighted by Gasteiger charge is -2.36. The minimum absolute atomic E-state index is 0.00635. The van der Waals surface area contributed by atoms with Gasteiger partial charge in [0.25, 0.3) is 0 Å². The molecule has 0 radical (unpaired) electrons. The fourth-order valence-corrected chi connectivity index (χ4v) is 6.25. The van der Waals surface area contributed by atoms with E-state index in [1.54, 1.807) is 0 Å². The molecule has 4 heterocycles. The number of imidazole rings is 1. The van der Waals surface area contributed by atoms with Crippen LogP contribution in [0, 0.1) is 0 Å². The maximum Gasteiger partial charge on any atom is 0.219 e. The standard InChI is InChI=1S/C30H42N10O2/c1-37(25-9-2-7-23-8-4-13-33-30(23)25)21-24-26(22-41)40-27(35-24)10-3-12-29(40)39-19-17-38(18-20-39)16-6-14-32-28(42)11-5-15-34-36-31/h3-4,8,10,12-13,25,41H,2,5-7,9,11,14-22H2,1H3,(H,32,42)/t25-/m0/s1. The lowest BCUT2D eigenvalue weighted by molar-refractivity contribution is -0.121. The van der Waals surface area contributed by atoms with Gasteiger partial charge in [-0.05, 0) is 75.0 Å². The first kappa shape index (κ1) is 29.8. The number of pyridine rings is 2. The van der Waals surface area contributed by atoms with Crippen LogP contribution < -0.4 is 10.2 Å². The van der Waals surface area contributed by atoms with Crippen LogP contribution in [0.3, 0.4) is 0 Å². The number of aliphatic hydroxyl groups is 1. The van der Waals surface area contributed by atoms with Gasteiger partial charge in [0.2, 0.25) is 5.91 Å². The summed E-state index contributed by atoms with van der Waals surface area (Å²) < 4.78 is 2.13. The third-order valence-corrected chi connectivity index (χ3v) is 8.44. The molecule has 1 aliphatic carbocycles. The SMILES string of the molecule is CN(Cc1nc2cccc(N3CCN(CCCNC(=O)CCCN=[N+]=[N-])CC3)n2c1CO)[C@H]1CCCc2cccnc21. The highest BCUT2D eigenvalue weighted by atomic mass is 16.3. The number of piperazine rings is 1. The third-order valence-electron chi connectivity index (χ3n) is 8.44. The molecular weight excluding hydrogens is 532 g/mol. The summed E-state index contributed by atoms with van der Waals surface area (Å²) in [5.41, 5.74) is 13.4. The third kappa shape index (κ3) is 7.01. The number of amides is 1. The Morgan fingerprint density at radius 3 is 2.88 bits per heavy atom. The van der Waals surface area contributed by atoms with Gasteiger partial charge in [0.05, 0.1) is 29.7 Å². The quantitative estimate of drug-likeness (QED) is 0.138. The van der Waals surface area contributed by atoms with Crippen molar-refractivity contribution in [2.75, 3.05) is 57.8 Å². The van der Waals surface area contributed by atoms with E-state index in [0.29, 0.717) is 32.5 Å². The van der Waals surface area contributed by atoms with Crippen molar-refractivity contribution in [3.63, 3.8) is 0 Å². The molecule has 0 aromatic carbocycles. The summed E-state index contributed by atoms with van der Waals surface area (Å²) in [6.07, 6.45) is 7.04. The molecule has 2 N–H and O–H groups in total. The average molecular weight is 575 g/mol. The van der Waals surface area contributed by atoms with Crippen LogP contribution in [0.5, 0.6) is 0 Å². The molecule has 42 heavy (non-hydrogen) atoms. The number of hydrogen-bond acceptors (Lipinski definition) is 8. The number of nitrogens with one attached hydrogen (secondary N) is 1. The van der Waals surface area contributed by atoms with Crippen molar-refractivity contribution in [3.05, 3.63) is 69.6 Å². The lowest BCUT2D eigenvalue weighted by Crippen LogP contribution is -2.47. The first-order valence-electron chi connectivity index (χ1n) is 15.1. The number of rotatable bonds is 13. The predicted molar refractivity (Wildman–Crippen MR) is 162 cm³/mol. The van der Waals surface area contributed by atoms with Gasteiger partial charge in [-0.2, -0.15) is 0 Å². The number of anilines is 1. The highest BCUT2D eigenvalue weighted by molar-refractivity contribution is 5.75. The molecule has 0 bridgehead atoms. The largest absolute Gasteiger partial charge is 0.390 e. The molecule has 1 amide bonds. The van der Waals surface area contributed by atoms with E-state index in [0.717, 1.165) is 81.3 Å². The Hall–Kier alpha value is -3.70. The van der Waals surface area contributed by atoms with Gasteiger partial charge in [0.15, 0.2) is 0 Å². The molecule has 12 nitrogen and oxygen atoms in total. The number of azide groups is 1. The van der Waals surface area contributed by atoms with Crippen LogP contribution in [0.1, 0.15) is 60.8 Å². The summed E-state index contributed by atoms with van der Waals surface area (Å²) in [6, 6.07) is 10.6. The molecule has 0 saturated carbocycles. The zero-order valence-electron chi connectivity index (χ0n) is 24.5. The molecule has 1 fully saturated rings. The van der Waals surface area contributed by atoms with Crippen LogP contribution in [-0.4, -0.2) is 88.0 Å². The van der Waals surface area contributed by atoms with Gasteiger partial charge in [0.1, 0.15) is 11.5 Å². The van der Waals surface area contributed by atoms with Crippen molar-refractivity contribution in [2.24, 2.45) is 5.11 Å². The Morgan fingerprint density at radius 1 is 1.21 bits per heavy atom. The fraction of sp³-hybridized carbons (Fsp3) is 0.567. The Kier molecular flexibility index (Phi) is 10.3. The van der Waals surface area contributed by atoms with Crippen LogP contribution in [0.25, 0.3) is 16.1 Å². The normalized spacial score (nSPS) is 17.3. The summed E-state index contributed by atoms with van der Waals surface area (Å²) in [4.78, 5) is 31.5. The van der Waals surface area contributed by atoms with Crippen molar-refractivity contribution in [3.8, 4) is 0 Å². The van der Waals surface area contributed by atoms with Crippen molar-refractivity contribution < 1.29 is 9.90 Å². The van der Waals surface area contributed by atoms with E-state index < -0.39 is 0 Å². The molecular formula is C30H42N10O2. The van der Waals surface area contributed by atoms with Crippen LogP contribution in [-0.2, 0) is 24.4 Å². The van der Waals surface area contributed by atoms with Gasteiger partial charge in [-0.3, -0.25) is 24.0 Å². The molecule has 12 heteroatoms. The molecule has 1 saturated heterocycles. The summed E-state index contributed by atoms with van der Waals surface area (Å²) in [7, 11) is 2.14. The van der Waals surface area contributed by atoms with Gasteiger partial charge < -0.3 is 15.3 Å². The van der Waals surface area contributed by atoms with Crippen molar-refractivity contribution in [2.45, 2.75) is 57.7 Å². The molecule has 3 aromatic rings. The lowest BCUT2D eigenvalue weighted by atomic mass is 9.91. The maximum absolute atomic E-state index is 11.9. The highest BCUT2D eigenvalue weighted by Gasteiger charge is 2.27. The van der Waals surface area contributed by atoms with E-state index in [1.165, 1.54) is 11.3 Å². The monoisotopic (exact) mass is 574 g/mol. The zero-order valence-corrected chi connectivity index (χ0v) is 24.5. The van der Waals surface area contributed by atoms with Gasteiger partial charge in [-0.25, -0.2) is 4.98 Å². The molecule has 2 aliphatic rings. The number of aliphatic hydroxyl groups excluding tert-OH is 1. The number of fused-ring (bicyclic) bond motifs is 2. The molecule has 224 valence electrons. The van der Waals surface area contributed by atoms with Crippen molar-refractivity contribution in [1.29, 1.82) is 0 Å². The number of nitrogens with zero attached hydrogens (tertiary/aromatic N) is 9. The molecule has 5 rings (SSSR count). The topological polar surface area (TPSA) is 138 Å². The minimum atomic E-state index is -0.0714. The van der Waals surface area contributed by atoms with Crippen molar-refractivity contribution >= 4 is 17.4 Å². The highest BCUT2D eigenvalue weighted by Crippen LogP contribution is 2.33. The number of aromatic nitrogens is 3. The van der Waals surface area contributed by atoms with Crippen LogP contribution in [0.2, 0.25) is 0 Å². The zero-order chi connectivity index (χ0) is 29.3. The molecule has 0 spiro atoms. The predicted octanol–water partition coefficient (Wildman–Crippen LogP) is 3.45. The number of carbonyl (C=O) groups is 1. The molecule has 1 atom stereocenters. The van der Waals surface area contributed by atoms with Gasteiger partial charge >= 0.3 is 0 Å². The van der Waals surface area contributed by atoms with E-state index in [9.17, 15) is 9.90 Å². The Morgan fingerprint density at radius 2 is 2.07 bits per heavy atom. The van der Waals surface area contributed by atoms with E-state index >= 15 is 0 Å². The van der Waals surface area contributed by atoms with Crippen LogP contribution in [0.4, 0.5) is 5.82 Å². The van der Waals surface area contributed by atoms with Crippen LogP contribution in [0.15, 0.2) is 41.6 Å². The summed E-state index contributed by atoms with van der Waals surface area (Å²) in [5, 5.41) is 16.9. The first-order valence-corrected chi connectivity index (χ1v) is 15.1. The second kappa shape index (κ2) is 14.5. The maximum atomic E-state index is 11.9. The van der Waals surface area contributed by atoms with Crippen LogP contribution >= 0.6 is 0 Å². The second-order valence-electron chi connectivity index (χ2n) is 11.2. The van der Waals surface area contributed by atoms with E-state index in [2.05, 4.69) is 59.7 Å². The molecule has 1 aliphatic heterocycles. The Bertz CT molecular complexity index is 1390. The van der Waals surface area contributed by atoms with Gasteiger partial charge in [-0.1, -0.05) is 17.2 Å². The van der Waals surface area contributed by atoms with Gasteiger partial charge in [0, 0.05) is 63.3 Å².